The van der Waals surface area contributed by atoms with Crippen molar-refractivity contribution in [2.75, 3.05) is 7.11 Å². The Labute approximate surface area is 104 Å². The van der Waals surface area contributed by atoms with E-state index in [1.165, 1.54) is 7.11 Å². The van der Waals surface area contributed by atoms with Gasteiger partial charge in [0.15, 0.2) is 0 Å². The topological polar surface area (TPSA) is 39.4 Å². The Morgan fingerprint density at radius 1 is 1.35 bits per heavy atom. The lowest BCUT2D eigenvalue weighted by Gasteiger charge is -2.00. The third-order valence-corrected chi connectivity index (χ3v) is 2.63. The number of rotatable bonds is 3. The van der Waals surface area contributed by atoms with E-state index in [4.69, 9.17) is 16.0 Å². The summed E-state index contributed by atoms with van der Waals surface area (Å²) in [5, 5.41) is 0. The minimum Gasteiger partial charge on any atom is -0.463 e. The maximum absolute atomic E-state index is 11.6. The number of benzene rings is 1. The highest BCUT2D eigenvalue weighted by molar-refractivity contribution is 6.17. The normalized spacial score (nSPS) is 10.2. The van der Waals surface area contributed by atoms with Gasteiger partial charge in [0.05, 0.1) is 13.0 Å². The molecule has 0 saturated heterocycles. The minimum atomic E-state index is -0.500. The standard InChI is InChI=1S/C13H11ClO3/c1-16-13(15)12-11(7-10(8-14)17-12)9-5-3-2-4-6-9/h2-7H,8H2,1H3. The molecule has 0 bridgehead atoms. The fraction of sp³-hybridized carbons (Fsp3) is 0.154. The number of methoxy groups -OCH3 is 1. The zero-order valence-electron chi connectivity index (χ0n) is 9.27. The summed E-state index contributed by atoms with van der Waals surface area (Å²) in [5.41, 5.74) is 1.60. The number of furan rings is 1. The highest BCUT2D eigenvalue weighted by atomic mass is 35.5. The Morgan fingerprint density at radius 2 is 2.06 bits per heavy atom. The maximum atomic E-state index is 11.6. The molecular formula is C13H11ClO3. The predicted molar refractivity (Wildman–Crippen MR) is 65.0 cm³/mol. The molecule has 4 heteroatoms. The van der Waals surface area contributed by atoms with Crippen LogP contribution in [0.15, 0.2) is 40.8 Å². The van der Waals surface area contributed by atoms with Gasteiger partial charge in [0.2, 0.25) is 5.76 Å². The van der Waals surface area contributed by atoms with Gasteiger partial charge in [-0.25, -0.2) is 4.79 Å². The van der Waals surface area contributed by atoms with Crippen LogP contribution in [0.4, 0.5) is 0 Å². The molecule has 0 N–H and O–H groups in total. The summed E-state index contributed by atoms with van der Waals surface area (Å²) >= 11 is 5.70. The van der Waals surface area contributed by atoms with Crippen molar-refractivity contribution in [3.8, 4) is 11.1 Å². The summed E-state index contributed by atoms with van der Waals surface area (Å²) in [5.74, 6) is 0.456. The Morgan fingerprint density at radius 3 is 2.65 bits per heavy atom. The van der Waals surface area contributed by atoms with Crippen LogP contribution in [-0.4, -0.2) is 13.1 Å². The average molecular weight is 251 g/mol. The zero-order chi connectivity index (χ0) is 12.3. The smallest absolute Gasteiger partial charge is 0.374 e. The molecule has 88 valence electrons. The van der Waals surface area contributed by atoms with E-state index < -0.39 is 5.97 Å². The van der Waals surface area contributed by atoms with E-state index >= 15 is 0 Å². The van der Waals surface area contributed by atoms with Gasteiger partial charge in [-0.3, -0.25) is 0 Å². The quantitative estimate of drug-likeness (QED) is 0.619. The molecule has 0 atom stereocenters. The number of carbonyl (C=O) groups is 1. The van der Waals surface area contributed by atoms with Crippen molar-refractivity contribution in [3.05, 3.63) is 47.9 Å². The summed E-state index contributed by atoms with van der Waals surface area (Å²) in [6.45, 7) is 0. The van der Waals surface area contributed by atoms with E-state index in [-0.39, 0.29) is 11.6 Å². The number of esters is 1. The monoisotopic (exact) mass is 250 g/mol. The second-order valence-electron chi connectivity index (χ2n) is 3.45. The Hall–Kier alpha value is -1.74. The van der Waals surface area contributed by atoms with Gasteiger partial charge in [0.1, 0.15) is 5.76 Å². The third-order valence-electron chi connectivity index (χ3n) is 2.37. The predicted octanol–water partition coefficient (Wildman–Crippen LogP) is 3.47. The van der Waals surface area contributed by atoms with Gasteiger partial charge < -0.3 is 9.15 Å². The summed E-state index contributed by atoms with van der Waals surface area (Å²) in [6, 6.07) is 11.2. The molecule has 0 unspecified atom stereocenters. The maximum Gasteiger partial charge on any atom is 0.374 e. The summed E-state index contributed by atoms with van der Waals surface area (Å²) in [7, 11) is 1.32. The fourth-order valence-corrected chi connectivity index (χ4v) is 1.72. The number of hydrogen-bond donors (Lipinski definition) is 0. The second-order valence-corrected chi connectivity index (χ2v) is 3.71. The molecule has 0 aliphatic rings. The van der Waals surface area contributed by atoms with Crippen LogP contribution in [0.5, 0.6) is 0 Å². The van der Waals surface area contributed by atoms with Gasteiger partial charge >= 0.3 is 5.97 Å². The van der Waals surface area contributed by atoms with Gasteiger partial charge in [0.25, 0.3) is 0 Å². The van der Waals surface area contributed by atoms with Gasteiger partial charge in [-0.05, 0) is 11.6 Å². The number of halogens is 1. The molecular weight excluding hydrogens is 240 g/mol. The van der Waals surface area contributed by atoms with Crippen LogP contribution in [0, 0.1) is 0 Å². The van der Waals surface area contributed by atoms with Crippen molar-refractivity contribution >= 4 is 17.6 Å². The van der Waals surface area contributed by atoms with E-state index in [9.17, 15) is 4.79 Å². The van der Waals surface area contributed by atoms with E-state index in [1.807, 2.05) is 30.3 Å². The molecule has 1 heterocycles. The molecule has 1 aromatic carbocycles. The molecule has 0 aliphatic carbocycles. The van der Waals surface area contributed by atoms with E-state index in [0.29, 0.717) is 11.3 Å². The lowest BCUT2D eigenvalue weighted by molar-refractivity contribution is 0.0564. The molecule has 0 aliphatic heterocycles. The SMILES string of the molecule is COC(=O)c1oc(CCl)cc1-c1ccccc1. The van der Waals surface area contributed by atoms with Crippen LogP contribution in [0.1, 0.15) is 16.3 Å². The molecule has 0 saturated carbocycles. The molecule has 0 radical (unpaired) electrons. The van der Waals surface area contributed by atoms with Gasteiger partial charge in [-0.15, -0.1) is 11.6 Å². The van der Waals surface area contributed by atoms with E-state index in [0.717, 1.165) is 5.56 Å². The van der Waals surface area contributed by atoms with Crippen molar-refractivity contribution in [1.82, 2.24) is 0 Å². The largest absolute Gasteiger partial charge is 0.463 e. The lowest BCUT2D eigenvalue weighted by atomic mass is 10.1. The lowest BCUT2D eigenvalue weighted by Crippen LogP contribution is -2.00. The fourth-order valence-electron chi connectivity index (χ4n) is 1.58. The molecule has 1 aromatic heterocycles. The Bertz CT molecular complexity index is 517. The van der Waals surface area contributed by atoms with E-state index in [2.05, 4.69) is 4.74 Å². The number of alkyl halides is 1. The van der Waals surface area contributed by atoms with Crippen LogP contribution < -0.4 is 0 Å². The van der Waals surface area contributed by atoms with Crippen LogP contribution in [0.2, 0.25) is 0 Å². The first kappa shape index (κ1) is 11.7. The molecule has 2 rings (SSSR count). The number of hydrogen-bond acceptors (Lipinski definition) is 3. The molecule has 0 spiro atoms. The molecule has 2 aromatic rings. The minimum absolute atomic E-state index is 0.189. The van der Waals surface area contributed by atoms with Gasteiger partial charge in [-0.2, -0.15) is 0 Å². The average Bonchev–Trinajstić information content (AvgIpc) is 2.83. The molecule has 0 fully saturated rings. The Balaban J connectivity index is 2.52. The number of carbonyl (C=O) groups excluding carboxylic acids is 1. The van der Waals surface area contributed by atoms with Crippen LogP contribution in [0.25, 0.3) is 11.1 Å². The molecule has 0 amide bonds. The van der Waals surface area contributed by atoms with Crippen molar-refractivity contribution < 1.29 is 13.9 Å². The number of ether oxygens (including phenoxy) is 1. The van der Waals surface area contributed by atoms with Crippen molar-refractivity contribution in [1.29, 1.82) is 0 Å². The highest BCUT2D eigenvalue weighted by Crippen LogP contribution is 2.28. The molecule has 3 nitrogen and oxygen atoms in total. The molecule has 17 heavy (non-hydrogen) atoms. The van der Waals surface area contributed by atoms with Crippen molar-refractivity contribution in [2.45, 2.75) is 5.88 Å². The van der Waals surface area contributed by atoms with Gasteiger partial charge in [0, 0.05) is 5.56 Å². The van der Waals surface area contributed by atoms with Crippen LogP contribution in [0.3, 0.4) is 0 Å². The summed E-state index contributed by atoms with van der Waals surface area (Å²) in [4.78, 5) is 11.6. The highest BCUT2D eigenvalue weighted by Gasteiger charge is 2.19. The first-order valence-corrected chi connectivity index (χ1v) is 5.62. The first-order chi connectivity index (χ1) is 8.26. The first-order valence-electron chi connectivity index (χ1n) is 5.08. The third kappa shape index (κ3) is 2.34. The van der Waals surface area contributed by atoms with Crippen molar-refractivity contribution in [2.24, 2.45) is 0 Å². The zero-order valence-corrected chi connectivity index (χ0v) is 10.0. The second kappa shape index (κ2) is 5.06. The van der Waals surface area contributed by atoms with E-state index in [1.54, 1.807) is 6.07 Å². The van der Waals surface area contributed by atoms with Crippen LogP contribution in [-0.2, 0) is 10.6 Å². The summed E-state index contributed by atoms with van der Waals surface area (Å²) < 4.78 is 10.0. The Kier molecular flexibility index (Phi) is 3.49. The summed E-state index contributed by atoms with van der Waals surface area (Å²) in [6.07, 6.45) is 0. The van der Waals surface area contributed by atoms with Crippen molar-refractivity contribution in [3.63, 3.8) is 0 Å². The van der Waals surface area contributed by atoms with Crippen LogP contribution >= 0.6 is 11.6 Å². The van der Waals surface area contributed by atoms with Gasteiger partial charge in [-0.1, -0.05) is 30.3 Å².